The third-order valence-electron chi connectivity index (χ3n) is 7.97. The van der Waals surface area contributed by atoms with Gasteiger partial charge in [0.15, 0.2) is 0 Å². The Balaban J connectivity index is 0.000000515. The molecule has 4 nitrogen and oxygen atoms in total. The van der Waals surface area contributed by atoms with E-state index in [9.17, 15) is 13.2 Å². The van der Waals surface area contributed by atoms with Crippen LogP contribution in [0.3, 0.4) is 0 Å². The van der Waals surface area contributed by atoms with Crippen molar-refractivity contribution in [2.75, 3.05) is 13.1 Å². The number of alkyl halides is 3. The number of carbonyl (C=O) groups is 1. The van der Waals surface area contributed by atoms with Crippen LogP contribution in [0.15, 0.2) is 97.1 Å². The maximum atomic E-state index is 10.6. The van der Waals surface area contributed by atoms with Crippen molar-refractivity contribution in [2.24, 2.45) is 0 Å². The molecule has 0 unspecified atom stereocenters. The highest BCUT2D eigenvalue weighted by Gasteiger charge is 2.38. The van der Waals surface area contributed by atoms with Crippen molar-refractivity contribution in [3.63, 3.8) is 0 Å². The van der Waals surface area contributed by atoms with Gasteiger partial charge in [-0.1, -0.05) is 102 Å². The molecule has 0 amide bonds. The predicted molar refractivity (Wildman–Crippen MR) is 175 cm³/mol. The summed E-state index contributed by atoms with van der Waals surface area (Å²) in [6.45, 7) is 3.68. The summed E-state index contributed by atoms with van der Waals surface area (Å²) in [6.07, 6.45) is -2.99. The van der Waals surface area contributed by atoms with Crippen molar-refractivity contribution >= 4 is 51.7 Å². The minimum absolute atomic E-state index is 0.394. The van der Waals surface area contributed by atoms with Crippen LogP contribution >= 0.6 is 34.8 Å². The zero-order valence-corrected chi connectivity index (χ0v) is 26.3. The van der Waals surface area contributed by atoms with E-state index in [2.05, 4.69) is 76.2 Å². The molecule has 1 fully saturated rings. The summed E-state index contributed by atoms with van der Waals surface area (Å²) < 4.78 is 34.2. The molecule has 0 atom stereocenters. The van der Waals surface area contributed by atoms with E-state index in [0.717, 1.165) is 59.7 Å². The lowest BCUT2D eigenvalue weighted by atomic mass is 9.89. The first-order chi connectivity index (χ1) is 21.5. The zero-order chi connectivity index (χ0) is 32.1. The molecule has 1 aliphatic heterocycles. The first-order valence-electron chi connectivity index (χ1n) is 14.4. The fourth-order valence-electron chi connectivity index (χ4n) is 5.95. The van der Waals surface area contributed by atoms with Crippen molar-refractivity contribution in [1.29, 1.82) is 0 Å². The number of carboxylic acid groups (broad SMARTS) is 1. The largest absolute Gasteiger partial charge is 0.490 e. The van der Waals surface area contributed by atoms with Gasteiger partial charge in [0.05, 0.1) is 5.69 Å². The van der Waals surface area contributed by atoms with Crippen LogP contribution < -0.4 is 0 Å². The Kier molecular flexibility index (Phi) is 10.4. The molecule has 2 heterocycles. The van der Waals surface area contributed by atoms with Crippen LogP contribution in [0.4, 0.5) is 13.2 Å². The Bertz CT molecular complexity index is 1760. The van der Waals surface area contributed by atoms with E-state index in [-0.39, 0.29) is 0 Å². The molecular weight excluding hydrogens is 644 g/mol. The fourth-order valence-corrected chi connectivity index (χ4v) is 6.87. The van der Waals surface area contributed by atoms with Crippen LogP contribution in [0, 0.1) is 0 Å². The lowest BCUT2D eigenvalue weighted by Gasteiger charge is -2.33. The Morgan fingerprint density at radius 1 is 0.800 bits per heavy atom. The maximum absolute atomic E-state index is 10.6. The molecule has 10 heteroatoms. The summed E-state index contributed by atoms with van der Waals surface area (Å²) in [5, 5.41) is 10.8. The topological polar surface area (TPSA) is 45.5 Å². The molecule has 0 spiro atoms. The van der Waals surface area contributed by atoms with Crippen LogP contribution in [0.5, 0.6) is 0 Å². The molecule has 5 aromatic rings. The second kappa shape index (κ2) is 14.3. The van der Waals surface area contributed by atoms with E-state index in [0.29, 0.717) is 5.92 Å². The van der Waals surface area contributed by atoms with E-state index < -0.39 is 12.1 Å². The number of halogens is 6. The fraction of sp³-hybridized carbons (Fsp3) is 0.229. The van der Waals surface area contributed by atoms with Crippen LogP contribution in [0.1, 0.15) is 35.4 Å². The first kappa shape index (κ1) is 32.9. The van der Waals surface area contributed by atoms with Gasteiger partial charge in [0.25, 0.3) is 0 Å². The van der Waals surface area contributed by atoms with Gasteiger partial charge in [-0.15, -0.1) is 0 Å². The smallest absolute Gasteiger partial charge is 0.475 e. The predicted octanol–water partition coefficient (Wildman–Crippen LogP) is 10.3. The lowest BCUT2D eigenvalue weighted by Crippen LogP contribution is -2.32. The number of carboxylic acids is 1. The number of benzene rings is 4. The number of para-hydroxylation sites is 1. The minimum Gasteiger partial charge on any atom is -0.475 e. The molecule has 1 aliphatic rings. The number of nitrogens with zero attached hydrogens (tertiary/aromatic N) is 2. The number of hydrogen-bond donors (Lipinski definition) is 1. The van der Waals surface area contributed by atoms with Gasteiger partial charge in [-0.05, 0) is 84.4 Å². The Hall–Kier alpha value is -3.49. The van der Waals surface area contributed by atoms with E-state index in [4.69, 9.17) is 44.7 Å². The van der Waals surface area contributed by atoms with E-state index >= 15 is 0 Å². The highest BCUT2D eigenvalue weighted by molar-refractivity contribution is 6.36. The SMILES string of the molecule is Clc1cccc(Cn2c(-c3ccccc3)c(CN3CCC(c4c(Cl)cccc4Cl)CC3)c3ccccc32)c1.O=C(O)C(F)(F)F. The van der Waals surface area contributed by atoms with Gasteiger partial charge >= 0.3 is 12.1 Å². The van der Waals surface area contributed by atoms with Crippen molar-refractivity contribution < 1.29 is 23.1 Å². The third kappa shape index (κ3) is 7.85. The average Bonchev–Trinajstić information content (AvgIpc) is 3.31. The molecule has 45 heavy (non-hydrogen) atoms. The summed E-state index contributed by atoms with van der Waals surface area (Å²) in [6, 6.07) is 33.6. The number of aliphatic carboxylic acids is 1. The van der Waals surface area contributed by atoms with Crippen LogP contribution in [0.2, 0.25) is 15.1 Å². The van der Waals surface area contributed by atoms with Crippen molar-refractivity contribution in [2.45, 2.75) is 38.0 Å². The summed E-state index contributed by atoms with van der Waals surface area (Å²) in [5.74, 6) is -2.36. The molecular formula is C35H30Cl3F3N2O2. The Morgan fingerprint density at radius 3 is 2.02 bits per heavy atom. The Morgan fingerprint density at radius 2 is 1.40 bits per heavy atom. The van der Waals surface area contributed by atoms with Crippen LogP contribution in [0.25, 0.3) is 22.2 Å². The van der Waals surface area contributed by atoms with Crippen molar-refractivity contribution in [3.05, 3.63) is 129 Å². The second-order valence-corrected chi connectivity index (χ2v) is 12.2. The maximum Gasteiger partial charge on any atom is 0.490 e. The van der Waals surface area contributed by atoms with Gasteiger partial charge < -0.3 is 9.67 Å². The Labute approximate surface area is 274 Å². The average molecular weight is 674 g/mol. The summed E-state index contributed by atoms with van der Waals surface area (Å²) >= 11 is 19.5. The summed E-state index contributed by atoms with van der Waals surface area (Å²) in [4.78, 5) is 11.5. The van der Waals surface area contributed by atoms with Gasteiger partial charge in [0.1, 0.15) is 0 Å². The monoisotopic (exact) mass is 672 g/mol. The lowest BCUT2D eigenvalue weighted by molar-refractivity contribution is -0.192. The number of rotatable bonds is 6. The van der Waals surface area contributed by atoms with E-state index in [1.54, 1.807) is 0 Å². The highest BCUT2D eigenvalue weighted by Crippen LogP contribution is 2.40. The number of piperidine rings is 1. The van der Waals surface area contributed by atoms with Gasteiger partial charge in [0.2, 0.25) is 0 Å². The molecule has 0 radical (unpaired) electrons. The van der Waals surface area contributed by atoms with Crippen molar-refractivity contribution in [1.82, 2.24) is 9.47 Å². The molecule has 1 aromatic heterocycles. The highest BCUT2D eigenvalue weighted by atomic mass is 35.5. The van der Waals surface area contributed by atoms with Crippen molar-refractivity contribution in [3.8, 4) is 11.3 Å². The zero-order valence-electron chi connectivity index (χ0n) is 24.1. The number of likely N-dealkylation sites (tertiary alicyclic amines) is 1. The van der Waals surface area contributed by atoms with E-state index in [1.165, 1.54) is 33.3 Å². The van der Waals surface area contributed by atoms with E-state index in [1.807, 2.05) is 30.3 Å². The van der Waals surface area contributed by atoms with Gasteiger partial charge in [-0.2, -0.15) is 13.2 Å². The molecule has 6 rings (SSSR count). The van der Waals surface area contributed by atoms with Gasteiger partial charge in [-0.3, -0.25) is 4.90 Å². The number of aromatic nitrogens is 1. The standard InChI is InChI=1S/C33H29Cl3N2.C2HF3O2/c34-26-11-6-8-23(20-26)21-38-31-15-5-4-12-27(31)28(33(38)25-9-2-1-3-10-25)22-37-18-16-24(17-19-37)32-29(35)13-7-14-30(32)36;3-2(4,5)1(6)7/h1-15,20,24H,16-19,21-22H2;(H,6,7). The quantitative estimate of drug-likeness (QED) is 0.195. The molecule has 0 aliphatic carbocycles. The van der Waals surface area contributed by atoms with Crippen LogP contribution in [-0.2, 0) is 17.9 Å². The normalized spacial score (nSPS) is 14.3. The summed E-state index contributed by atoms with van der Waals surface area (Å²) in [5.41, 5.74) is 7.45. The molecule has 234 valence electrons. The summed E-state index contributed by atoms with van der Waals surface area (Å²) in [7, 11) is 0. The van der Waals surface area contributed by atoms with Gasteiger partial charge in [0, 0.05) is 39.1 Å². The first-order valence-corrected chi connectivity index (χ1v) is 15.5. The molecule has 1 saturated heterocycles. The number of fused-ring (bicyclic) bond motifs is 1. The molecule has 0 saturated carbocycles. The molecule has 0 bridgehead atoms. The minimum atomic E-state index is -5.08. The molecule has 4 aromatic carbocycles. The third-order valence-corrected chi connectivity index (χ3v) is 8.87. The number of hydrogen-bond acceptors (Lipinski definition) is 2. The second-order valence-electron chi connectivity index (χ2n) is 10.9. The van der Waals surface area contributed by atoms with Crippen LogP contribution in [-0.4, -0.2) is 39.8 Å². The molecule has 1 N–H and O–H groups in total. The van der Waals surface area contributed by atoms with Gasteiger partial charge in [-0.25, -0.2) is 4.79 Å².